The highest BCUT2D eigenvalue weighted by Crippen LogP contribution is 2.21. The van der Waals surface area contributed by atoms with Gasteiger partial charge in [-0.05, 0) is 37.1 Å². The van der Waals surface area contributed by atoms with Gasteiger partial charge in [-0.3, -0.25) is 10.1 Å². The molecule has 2 rings (SSSR count). The molecule has 0 saturated heterocycles. The SMILES string of the molecule is Cc1nnc(NC(=O)CCCOc2ccc(Cl)cc2C)o1. The Morgan fingerprint density at radius 2 is 2.19 bits per heavy atom. The fourth-order valence-electron chi connectivity index (χ4n) is 1.72. The molecule has 6 nitrogen and oxygen atoms in total. The van der Waals surface area contributed by atoms with Gasteiger partial charge in [0.15, 0.2) is 0 Å². The number of anilines is 1. The number of rotatable bonds is 6. The predicted octanol–water partition coefficient (Wildman–Crippen LogP) is 3.14. The number of hydrogen-bond acceptors (Lipinski definition) is 5. The molecular formula is C14H16ClN3O3. The number of carbonyl (C=O) groups is 1. The number of aromatic nitrogens is 2. The van der Waals surface area contributed by atoms with E-state index in [0.717, 1.165) is 11.3 Å². The summed E-state index contributed by atoms with van der Waals surface area (Å²) in [5.74, 6) is 0.995. The number of ether oxygens (including phenoxy) is 1. The van der Waals surface area contributed by atoms with Gasteiger partial charge in [0, 0.05) is 18.4 Å². The zero-order valence-electron chi connectivity index (χ0n) is 11.9. The molecule has 1 N–H and O–H groups in total. The van der Waals surface area contributed by atoms with Gasteiger partial charge in [0.2, 0.25) is 11.8 Å². The Balaban J connectivity index is 1.70. The molecule has 7 heteroatoms. The van der Waals surface area contributed by atoms with Crippen molar-refractivity contribution in [2.75, 3.05) is 11.9 Å². The summed E-state index contributed by atoms with van der Waals surface area (Å²) in [6.07, 6.45) is 0.898. The Labute approximate surface area is 127 Å². The van der Waals surface area contributed by atoms with Crippen LogP contribution in [0.25, 0.3) is 0 Å². The van der Waals surface area contributed by atoms with Crippen molar-refractivity contribution in [1.82, 2.24) is 10.2 Å². The molecule has 21 heavy (non-hydrogen) atoms. The molecule has 1 amide bonds. The van der Waals surface area contributed by atoms with Crippen molar-refractivity contribution in [2.24, 2.45) is 0 Å². The molecule has 0 atom stereocenters. The molecule has 1 aromatic carbocycles. The van der Waals surface area contributed by atoms with Crippen LogP contribution in [-0.4, -0.2) is 22.7 Å². The maximum atomic E-state index is 11.6. The average molecular weight is 310 g/mol. The smallest absolute Gasteiger partial charge is 0.322 e. The van der Waals surface area contributed by atoms with E-state index < -0.39 is 0 Å². The summed E-state index contributed by atoms with van der Waals surface area (Å²) in [7, 11) is 0. The van der Waals surface area contributed by atoms with Gasteiger partial charge in [0.05, 0.1) is 6.61 Å². The highest BCUT2D eigenvalue weighted by atomic mass is 35.5. The predicted molar refractivity (Wildman–Crippen MR) is 78.6 cm³/mol. The molecule has 0 bridgehead atoms. The Bertz CT molecular complexity index is 628. The van der Waals surface area contributed by atoms with E-state index in [2.05, 4.69) is 15.5 Å². The van der Waals surface area contributed by atoms with Crippen LogP contribution < -0.4 is 10.1 Å². The Kier molecular flexibility index (Phi) is 5.16. The van der Waals surface area contributed by atoms with Crippen molar-refractivity contribution in [3.8, 4) is 5.75 Å². The van der Waals surface area contributed by atoms with Gasteiger partial charge in [0.1, 0.15) is 5.75 Å². The normalized spacial score (nSPS) is 10.4. The van der Waals surface area contributed by atoms with Crippen LogP contribution in [-0.2, 0) is 4.79 Å². The maximum absolute atomic E-state index is 11.6. The first kappa shape index (κ1) is 15.3. The van der Waals surface area contributed by atoms with Crippen molar-refractivity contribution < 1.29 is 13.9 Å². The molecule has 1 heterocycles. The van der Waals surface area contributed by atoms with E-state index in [1.807, 2.05) is 19.1 Å². The molecule has 1 aromatic heterocycles. The van der Waals surface area contributed by atoms with Gasteiger partial charge in [-0.2, -0.15) is 0 Å². The Morgan fingerprint density at radius 1 is 1.38 bits per heavy atom. The van der Waals surface area contributed by atoms with Crippen molar-refractivity contribution >= 4 is 23.5 Å². The molecule has 0 radical (unpaired) electrons. The molecule has 2 aromatic rings. The number of carbonyl (C=O) groups excluding carboxylic acids is 1. The van der Waals surface area contributed by atoms with E-state index in [1.165, 1.54) is 0 Å². The zero-order chi connectivity index (χ0) is 15.2. The Morgan fingerprint density at radius 3 is 2.86 bits per heavy atom. The van der Waals surface area contributed by atoms with Crippen LogP contribution in [0.15, 0.2) is 22.6 Å². The zero-order valence-corrected chi connectivity index (χ0v) is 12.6. The third kappa shape index (κ3) is 4.75. The molecule has 0 aliphatic heterocycles. The van der Waals surface area contributed by atoms with Gasteiger partial charge < -0.3 is 9.15 Å². The largest absolute Gasteiger partial charge is 0.493 e. The van der Waals surface area contributed by atoms with Gasteiger partial charge in [-0.25, -0.2) is 0 Å². The third-order valence-electron chi connectivity index (χ3n) is 2.72. The summed E-state index contributed by atoms with van der Waals surface area (Å²) in [5.41, 5.74) is 0.966. The third-order valence-corrected chi connectivity index (χ3v) is 2.95. The van der Waals surface area contributed by atoms with Crippen LogP contribution in [0.4, 0.5) is 6.01 Å². The summed E-state index contributed by atoms with van der Waals surface area (Å²) < 4.78 is 10.7. The number of aryl methyl sites for hydroxylation is 2. The Hall–Kier alpha value is -2.08. The van der Waals surface area contributed by atoms with Crippen LogP contribution in [0.2, 0.25) is 5.02 Å². The number of halogens is 1. The number of benzene rings is 1. The topological polar surface area (TPSA) is 77.2 Å². The molecule has 0 fully saturated rings. The minimum absolute atomic E-state index is 0.118. The summed E-state index contributed by atoms with van der Waals surface area (Å²) >= 11 is 5.87. The van der Waals surface area contributed by atoms with E-state index in [1.54, 1.807) is 13.0 Å². The van der Waals surface area contributed by atoms with Crippen LogP contribution in [0.1, 0.15) is 24.3 Å². The lowest BCUT2D eigenvalue weighted by molar-refractivity contribution is -0.116. The fraction of sp³-hybridized carbons (Fsp3) is 0.357. The second kappa shape index (κ2) is 7.08. The molecule has 0 aliphatic carbocycles. The van der Waals surface area contributed by atoms with E-state index in [0.29, 0.717) is 30.4 Å². The average Bonchev–Trinajstić information content (AvgIpc) is 2.82. The molecule has 0 saturated carbocycles. The minimum Gasteiger partial charge on any atom is -0.493 e. The standard InChI is InChI=1S/C14H16ClN3O3/c1-9-8-11(15)5-6-12(9)20-7-3-4-13(19)16-14-18-17-10(2)21-14/h5-6,8H,3-4,7H2,1-2H3,(H,16,18,19). The number of hydrogen-bond donors (Lipinski definition) is 1. The van der Waals surface area contributed by atoms with E-state index >= 15 is 0 Å². The highest BCUT2D eigenvalue weighted by Gasteiger charge is 2.08. The van der Waals surface area contributed by atoms with Crippen molar-refractivity contribution in [3.05, 3.63) is 34.7 Å². The van der Waals surface area contributed by atoms with Gasteiger partial charge >= 0.3 is 6.01 Å². The second-order valence-electron chi connectivity index (χ2n) is 4.54. The van der Waals surface area contributed by atoms with Crippen LogP contribution >= 0.6 is 11.6 Å². The molecular weight excluding hydrogens is 294 g/mol. The van der Waals surface area contributed by atoms with Gasteiger partial charge in [-0.15, -0.1) is 5.10 Å². The maximum Gasteiger partial charge on any atom is 0.322 e. The van der Waals surface area contributed by atoms with Crippen LogP contribution in [0, 0.1) is 13.8 Å². The number of nitrogens with one attached hydrogen (secondary N) is 1. The monoisotopic (exact) mass is 309 g/mol. The molecule has 112 valence electrons. The van der Waals surface area contributed by atoms with E-state index in [9.17, 15) is 4.79 Å². The lowest BCUT2D eigenvalue weighted by Crippen LogP contribution is -2.13. The number of nitrogens with zero attached hydrogens (tertiary/aromatic N) is 2. The summed E-state index contributed by atoms with van der Waals surface area (Å²) in [6, 6.07) is 5.54. The first-order chi connectivity index (χ1) is 10.0. The minimum atomic E-state index is -0.185. The second-order valence-corrected chi connectivity index (χ2v) is 4.97. The van der Waals surface area contributed by atoms with Gasteiger partial charge in [0.25, 0.3) is 0 Å². The summed E-state index contributed by atoms with van der Waals surface area (Å²) in [4.78, 5) is 11.6. The fourth-order valence-corrected chi connectivity index (χ4v) is 1.95. The molecule has 0 unspecified atom stereocenters. The first-order valence-corrected chi connectivity index (χ1v) is 6.91. The highest BCUT2D eigenvalue weighted by molar-refractivity contribution is 6.30. The molecule has 0 aliphatic rings. The first-order valence-electron chi connectivity index (χ1n) is 6.53. The van der Waals surface area contributed by atoms with Crippen molar-refractivity contribution in [2.45, 2.75) is 26.7 Å². The number of amides is 1. The van der Waals surface area contributed by atoms with Crippen molar-refractivity contribution in [1.29, 1.82) is 0 Å². The van der Waals surface area contributed by atoms with E-state index in [-0.39, 0.29) is 11.9 Å². The quantitative estimate of drug-likeness (QED) is 0.829. The van der Waals surface area contributed by atoms with Gasteiger partial charge in [-0.1, -0.05) is 16.7 Å². The van der Waals surface area contributed by atoms with Crippen LogP contribution in [0.3, 0.4) is 0 Å². The lowest BCUT2D eigenvalue weighted by Gasteiger charge is -2.08. The van der Waals surface area contributed by atoms with E-state index in [4.69, 9.17) is 20.8 Å². The van der Waals surface area contributed by atoms with Crippen LogP contribution in [0.5, 0.6) is 5.75 Å². The van der Waals surface area contributed by atoms with Crippen molar-refractivity contribution in [3.63, 3.8) is 0 Å². The summed E-state index contributed by atoms with van der Waals surface area (Å²) in [5, 5.41) is 10.5. The molecule has 0 spiro atoms. The summed E-state index contributed by atoms with van der Waals surface area (Å²) in [6.45, 7) is 4.02. The lowest BCUT2D eigenvalue weighted by atomic mass is 10.2.